The highest BCUT2D eigenvalue weighted by molar-refractivity contribution is 6.32. The van der Waals surface area contributed by atoms with Gasteiger partial charge in [-0.1, -0.05) is 29.8 Å². The van der Waals surface area contributed by atoms with E-state index in [-0.39, 0.29) is 51.5 Å². The molecule has 3 aromatic heterocycles. The lowest BCUT2D eigenvalue weighted by Gasteiger charge is -2.25. The van der Waals surface area contributed by atoms with Gasteiger partial charge in [0.2, 0.25) is 5.91 Å². The molecule has 6 rings (SSSR count). The zero-order valence-corrected chi connectivity index (χ0v) is 23.4. The number of phenols is 1. The Kier molecular flexibility index (Phi) is 7.13. The number of imidazole rings is 1. The number of fused-ring (bicyclic) bond motifs is 2. The smallest absolute Gasteiger partial charge is 0.416 e. The molecule has 0 fully saturated rings. The quantitative estimate of drug-likeness (QED) is 0.188. The van der Waals surface area contributed by atoms with Crippen molar-refractivity contribution in [2.24, 2.45) is 0 Å². The molecule has 1 unspecified atom stereocenters. The maximum Gasteiger partial charge on any atom is 0.416 e. The molecule has 4 N–H and O–H groups in total. The van der Waals surface area contributed by atoms with Crippen LogP contribution >= 0.6 is 11.6 Å². The van der Waals surface area contributed by atoms with Crippen LogP contribution in [0, 0.1) is 5.82 Å². The second-order valence-electron chi connectivity index (χ2n) is 10.3. The van der Waals surface area contributed by atoms with Gasteiger partial charge in [0, 0.05) is 25.0 Å². The van der Waals surface area contributed by atoms with Gasteiger partial charge < -0.3 is 25.2 Å². The summed E-state index contributed by atoms with van der Waals surface area (Å²) in [6.45, 7) is 0.513. The number of halogens is 5. The van der Waals surface area contributed by atoms with Crippen LogP contribution in [0.25, 0.3) is 17.2 Å². The molecule has 5 aromatic rings. The molecule has 2 atom stereocenters. The molecule has 0 aliphatic carbocycles. The number of rotatable bonds is 7. The molecule has 1 aliphatic heterocycles. The third kappa shape index (κ3) is 5.15. The zero-order chi connectivity index (χ0) is 31.4. The van der Waals surface area contributed by atoms with Crippen molar-refractivity contribution < 1.29 is 32.6 Å². The van der Waals surface area contributed by atoms with Crippen molar-refractivity contribution in [3.63, 3.8) is 0 Å². The number of benzene rings is 2. The second-order valence-corrected chi connectivity index (χ2v) is 10.7. The van der Waals surface area contributed by atoms with E-state index in [2.05, 4.69) is 30.6 Å². The second kappa shape index (κ2) is 10.7. The van der Waals surface area contributed by atoms with E-state index in [9.17, 15) is 32.6 Å². The summed E-state index contributed by atoms with van der Waals surface area (Å²) in [5, 5.41) is 25.2. The molecule has 0 radical (unpaired) electrons. The number of nitrogens with zero attached hydrogens (tertiary/aromatic N) is 5. The van der Waals surface area contributed by atoms with Gasteiger partial charge in [0.1, 0.15) is 34.3 Å². The van der Waals surface area contributed by atoms with E-state index in [4.69, 9.17) is 11.6 Å². The van der Waals surface area contributed by atoms with Gasteiger partial charge in [0.15, 0.2) is 17.6 Å². The van der Waals surface area contributed by atoms with Crippen LogP contribution in [0.4, 0.5) is 29.2 Å². The topological polar surface area (TPSA) is 138 Å². The average Bonchev–Trinajstić information content (AvgIpc) is 3.55. The Labute approximate surface area is 251 Å². The number of phenolic OH excluding ortho intramolecular Hbond substituents is 1. The third-order valence-corrected chi connectivity index (χ3v) is 7.71. The van der Waals surface area contributed by atoms with Crippen LogP contribution in [0.15, 0.2) is 61.1 Å². The average molecular weight is 628 g/mol. The Morgan fingerprint density at radius 1 is 1.16 bits per heavy atom. The van der Waals surface area contributed by atoms with Crippen LogP contribution < -0.4 is 10.6 Å². The Hall–Kier alpha value is -4.82. The molecule has 1 aliphatic rings. The molecule has 0 saturated heterocycles. The van der Waals surface area contributed by atoms with Gasteiger partial charge in [-0.25, -0.2) is 24.3 Å². The van der Waals surface area contributed by atoms with Crippen LogP contribution in [0.1, 0.15) is 29.3 Å². The normalized spacial score (nSPS) is 17.0. The first-order valence-electron chi connectivity index (χ1n) is 13.1. The number of carbonyl (C=O) groups excluding carboxylic acids is 1. The first kappa shape index (κ1) is 29.3. The predicted molar refractivity (Wildman–Crippen MR) is 152 cm³/mol. The molecule has 226 valence electrons. The Bertz CT molecular complexity index is 1930. The number of nitrogens with one attached hydrogen (secondary N) is 2. The summed E-state index contributed by atoms with van der Waals surface area (Å²) >= 11 is 5.97. The molecule has 10 nitrogen and oxygen atoms in total. The zero-order valence-electron chi connectivity index (χ0n) is 22.7. The van der Waals surface area contributed by atoms with Gasteiger partial charge >= 0.3 is 6.18 Å². The fraction of sp³-hybridized carbons (Fsp3) is 0.207. The van der Waals surface area contributed by atoms with Gasteiger partial charge in [0.05, 0.1) is 22.8 Å². The van der Waals surface area contributed by atoms with Crippen molar-refractivity contribution in [2.45, 2.75) is 31.0 Å². The minimum Gasteiger partial charge on any atom is -0.506 e. The van der Waals surface area contributed by atoms with E-state index in [1.165, 1.54) is 43.5 Å². The minimum atomic E-state index is -4.93. The number of alkyl halides is 3. The SMILES string of the molecule is C[C@]1(c2ccc(Cl)c(O)c2)C(=O)Nc2nc(-c3cn4ccnc4c(Cc4cccc(F)c4)n3)nc(NCC(O)C(F)(F)F)c21. The summed E-state index contributed by atoms with van der Waals surface area (Å²) in [5.74, 6) is -1.58. The van der Waals surface area contributed by atoms with Crippen molar-refractivity contribution in [1.29, 1.82) is 0 Å². The van der Waals surface area contributed by atoms with Crippen LogP contribution in [0.2, 0.25) is 5.02 Å². The molecular formula is C29H22ClF4N7O3. The molecule has 0 spiro atoms. The summed E-state index contributed by atoms with van der Waals surface area (Å²) in [6, 6.07) is 10.1. The third-order valence-electron chi connectivity index (χ3n) is 7.39. The van der Waals surface area contributed by atoms with Crippen LogP contribution in [-0.2, 0) is 16.6 Å². The fourth-order valence-electron chi connectivity index (χ4n) is 5.08. The lowest BCUT2D eigenvalue weighted by atomic mass is 9.77. The standard InChI is InChI=1S/C29H22ClF4N7O3/c1-28(15-5-6-17(30)20(42)11-15)22-24(36-12-21(43)29(32,33)34)38-23(39-25(22)40-27(28)44)19-13-41-8-7-35-26(41)18(37-19)10-14-3-2-4-16(31)9-14/h2-9,11,13,21,42-43H,10,12H2,1H3,(H2,36,38,39,40,44)/t21?,28-/m1/s1. The molecule has 1 amide bonds. The van der Waals surface area contributed by atoms with Crippen molar-refractivity contribution in [1.82, 2.24) is 24.3 Å². The van der Waals surface area contributed by atoms with E-state index in [1.54, 1.807) is 28.9 Å². The highest BCUT2D eigenvalue weighted by atomic mass is 35.5. The highest BCUT2D eigenvalue weighted by Crippen LogP contribution is 2.47. The van der Waals surface area contributed by atoms with E-state index in [1.807, 2.05) is 0 Å². The van der Waals surface area contributed by atoms with E-state index >= 15 is 0 Å². The Balaban J connectivity index is 1.50. The van der Waals surface area contributed by atoms with Gasteiger partial charge in [0.25, 0.3) is 0 Å². The molecular weight excluding hydrogens is 606 g/mol. The summed E-state index contributed by atoms with van der Waals surface area (Å²) in [5.41, 5.74) is 0.492. The van der Waals surface area contributed by atoms with Gasteiger partial charge in [-0.15, -0.1) is 0 Å². The summed E-state index contributed by atoms with van der Waals surface area (Å²) in [4.78, 5) is 31.4. The van der Waals surface area contributed by atoms with E-state index < -0.39 is 36.0 Å². The highest BCUT2D eigenvalue weighted by Gasteiger charge is 2.48. The van der Waals surface area contributed by atoms with Crippen LogP contribution in [0.3, 0.4) is 0 Å². The number of amides is 1. The fourth-order valence-corrected chi connectivity index (χ4v) is 5.20. The van der Waals surface area contributed by atoms with Crippen LogP contribution in [0.5, 0.6) is 5.75 Å². The van der Waals surface area contributed by atoms with Crippen LogP contribution in [-0.4, -0.2) is 59.3 Å². The molecule has 2 aromatic carbocycles. The van der Waals surface area contributed by atoms with Crippen molar-refractivity contribution >= 4 is 34.8 Å². The van der Waals surface area contributed by atoms with E-state index in [0.29, 0.717) is 16.9 Å². The first-order valence-corrected chi connectivity index (χ1v) is 13.5. The molecule has 0 bridgehead atoms. The minimum absolute atomic E-state index is 0.0138. The van der Waals surface area contributed by atoms with Gasteiger partial charge in [-0.3, -0.25) is 4.79 Å². The summed E-state index contributed by atoms with van der Waals surface area (Å²) < 4.78 is 55.2. The Morgan fingerprint density at radius 3 is 2.68 bits per heavy atom. The summed E-state index contributed by atoms with van der Waals surface area (Å²) in [6.07, 6.45) is -2.74. The molecule has 0 saturated carbocycles. The largest absolute Gasteiger partial charge is 0.506 e. The monoisotopic (exact) mass is 627 g/mol. The maximum absolute atomic E-state index is 13.9. The lowest BCUT2D eigenvalue weighted by Crippen LogP contribution is -2.36. The van der Waals surface area contributed by atoms with Crippen molar-refractivity contribution in [2.75, 3.05) is 17.2 Å². The number of aromatic nitrogens is 5. The number of hydrogen-bond donors (Lipinski definition) is 4. The molecule has 15 heteroatoms. The molecule has 4 heterocycles. The predicted octanol–water partition coefficient (Wildman–Crippen LogP) is 4.87. The van der Waals surface area contributed by atoms with Gasteiger partial charge in [-0.05, 0) is 42.3 Å². The number of aliphatic hydroxyl groups excluding tert-OH is 1. The maximum atomic E-state index is 13.9. The number of anilines is 2. The Morgan fingerprint density at radius 2 is 1.95 bits per heavy atom. The molecule has 44 heavy (non-hydrogen) atoms. The lowest BCUT2D eigenvalue weighted by molar-refractivity contribution is -0.198. The van der Waals surface area contributed by atoms with Gasteiger partial charge in [-0.2, -0.15) is 13.2 Å². The summed E-state index contributed by atoms with van der Waals surface area (Å²) in [7, 11) is 0. The van der Waals surface area contributed by atoms with E-state index in [0.717, 1.165) is 0 Å². The number of carbonyl (C=O) groups is 1. The van der Waals surface area contributed by atoms with Crippen molar-refractivity contribution in [3.8, 4) is 17.3 Å². The number of aliphatic hydroxyl groups is 1. The number of aromatic hydroxyl groups is 1. The first-order chi connectivity index (χ1) is 20.8. The number of hydrogen-bond acceptors (Lipinski definition) is 8. The van der Waals surface area contributed by atoms with Crippen molar-refractivity contribution in [3.05, 3.63) is 94.3 Å².